The molecule has 0 unspecified atom stereocenters. The van der Waals surface area contributed by atoms with Crippen molar-refractivity contribution in [2.45, 2.75) is 39.0 Å². The normalized spacial score (nSPS) is 14.5. The zero-order valence-electron chi connectivity index (χ0n) is 9.90. The zero-order valence-corrected chi connectivity index (χ0v) is 9.90. The van der Waals surface area contributed by atoms with Gasteiger partial charge in [0, 0.05) is 6.42 Å². The van der Waals surface area contributed by atoms with Crippen LogP contribution in [0.1, 0.15) is 39.0 Å². The molecule has 0 radical (unpaired) electrons. The fourth-order valence-electron chi connectivity index (χ4n) is 0.855. The van der Waals surface area contributed by atoms with Gasteiger partial charge in [-0.05, 0) is 13.3 Å². The summed E-state index contributed by atoms with van der Waals surface area (Å²) in [5.74, 6) is 0. The summed E-state index contributed by atoms with van der Waals surface area (Å²) in [4.78, 5) is 0. The zero-order chi connectivity index (χ0) is 10.3. The Bertz CT molecular complexity index is 137. The van der Waals surface area contributed by atoms with Crippen molar-refractivity contribution in [3.63, 3.8) is 0 Å². The Hall–Kier alpha value is -0.300. The maximum absolute atomic E-state index is 3.87. The van der Waals surface area contributed by atoms with Gasteiger partial charge in [-0.15, -0.1) is 6.58 Å². The van der Waals surface area contributed by atoms with Gasteiger partial charge in [-0.3, -0.25) is 0 Å². The molecule has 0 aromatic heterocycles. The molecule has 1 heteroatoms. The average molecular weight is 184 g/mol. The van der Waals surface area contributed by atoms with Gasteiger partial charge in [-0.1, -0.05) is 24.8 Å². The van der Waals surface area contributed by atoms with Gasteiger partial charge in [0.2, 0.25) is 0 Å². The fourth-order valence-corrected chi connectivity index (χ4v) is 0.855. The Labute approximate surface area is 84.0 Å². The highest BCUT2D eigenvalue weighted by Crippen LogP contribution is 2.14. The molecule has 0 aromatic carbocycles. The summed E-state index contributed by atoms with van der Waals surface area (Å²) >= 11 is 0. The van der Waals surface area contributed by atoms with E-state index in [1.165, 1.54) is 44.2 Å². The predicted octanol–water partition coefficient (Wildman–Crippen LogP) is 3.22. The SMILES string of the molecule is C1CC1.C=C(C)CCC[N+](C)(C)C. The van der Waals surface area contributed by atoms with E-state index in [2.05, 4.69) is 34.6 Å². The molecule has 0 heterocycles. The van der Waals surface area contributed by atoms with Crippen LogP contribution in [0.2, 0.25) is 0 Å². The summed E-state index contributed by atoms with van der Waals surface area (Å²) in [5, 5.41) is 0. The van der Waals surface area contributed by atoms with Crippen molar-refractivity contribution in [2.24, 2.45) is 0 Å². The van der Waals surface area contributed by atoms with E-state index in [9.17, 15) is 0 Å². The van der Waals surface area contributed by atoms with Crippen molar-refractivity contribution in [3.05, 3.63) is 12.2 Å². The largest absolute Gasteiger partial charge is 0.331 e. The van der Waals surface area contributed by atoms with E-state index in [0.29, 0.717) is 0 Å². The standard InChI is InChI=1S/C9H20N.C3H6/c1-9(2)7-6-8-10(3,4)5;1-2-3-1/h1,6-8H2,2-5H3;1-3H2/q+1;. The molecule has 78 valence electrons. The number of rotatable bonds is 4. The minimum Gasteiger partial charge on any atom is -0.331 e. The predicted molar refractivity (Wildman–Crippen MR) is 60.8 cm³/mol. The van der Waals surface area contributed by atoms with Crippen LogP contribution >= 0.6 is 0 Å². The molecule has 0 bridgehead atoms. The van der Waals surface area contributed by atoms with Crippen molar-refractivity contribution >= 4 is 0 Å². The van der Waals surface area contributed by atoms with Gasteiger partial charge >= 0.3 is 0 Å². The van der Waals surface area contributed by atoms with Crippen molar-refractivity contribution in [3.8, 4) is 0 Å². The van der Waals surface area contributed by atoms with Crippen molar-refractivity contribution in [1.82, 2.24) is 0 Å². The molecular formula is C12H26N+. The number of nitrogens with zero attached hydrogens (tertiary/aromatic N) is 1. The molecule has 0 amide bonds. The molecule has 13 heavy (non-hydrogen) atoms. The fraction of sp³-hybridized carbons (Fsp3) is 0.833. The van der Waals surface area contributed by atoms with Crippen LogP contribution in [-0.4, -0.2) is 32.2 Å². The van der Waals surface area contributed by atoms with E-state index >= 15 is 0 Å². The first-order chi connectivity index (χ1) is 5.92. The minimum atomic E-state index is 1.06. The molecule has 1 nitrogen and oxygen atoms in total. The number of hydrogen-bond acceptors (Lipinski definition) is 0. The Morgan fingerprint density at radius 2 is 1.62 bits per heavy atom. The third-order valence-corrected chi connectivity index (χ3v) is 1.79. The first kappa shape index (κ1) is 12.7. The lowest BCUT2D eigenvalue weighted by Crippen LogP contribution is -2.35. The van der Waals surface area contributed by atoms with Crippen LogP contribution < -0.4 is 0 Å². The minimum absolute atomic E-state index is 1.06. The molecule has 1 aliphatic carbocycles. The highest BCUT2D eigenvalue weighted by Gasteiger charge is 2.04. The van der Waals surface area contributed by atoms with Gasteiger partial charge in [-0.25, -0.2) is 0 Å². The van der Waals surface area contributed by atoms with Gasteiger partial charge in [-0.2, -0.15) is 0 Å². The van der Waals surface area contributed by atoms with Crippen LogP contribution in [0.25, 0.3) is 0 Å². The summed E-state index contributed by atoms with van der Waals surface area (Å²) in [5.41, 5.74) is 1.30. The highest BCUT2D eigenvalue weighted by atomic mass is 15.3. The van der Waals surface area contributed by atoms with Crippen LogP contribution in [0.4, 0.5) is 0 Å². The summed E-state index contributed by atoms with van der Waals surface area (Å²) in [7, 11) is 6.66. The van der Waals surface area contributed by atoms with Crippen molar-refractivity contribution < 1.29 is 4.48 Å². The Morgan fingerprint density at radius 3 is 1.85 bits per heavy atom. The Kier molecular flexibility index (Phi) is 6.06. The molecule has 0 aromatic rings. The third-order valence-electron chi connectivity index (χ3n) is 1.79. The molecule has 0 atom stereocenters. The summed E-state index contributed by atoms with van der Waals surface area (Å²) < 4.78 is 1.06. The highest BCUT2D eigenvalue weighted by molar-refractivity contribution is 4.86. The van der Waals surface area contributed by atoms with Gasteiger partial charge in [0.15, 0.2) is 0 Å². The van der Waals surface area contributed by atoms with E-state index in [0.717, 1.165) is 4.48 Å². The number of quaternary nitrogens is 1. The van der Waals surface area contributed by atoms with Gasteiger partial charge in [0.05, 0.1) is 27.7 Å². The van der Waals surface area contributed by atoms with Crippen LogP contribution in [0.3, 0.4) is 0 Å². The number of hydrogen-bond donors (Lipinski definition) is 0. The van der Waals surface area contributed by atoms with E-state index in [1.807, 2.05) is 0 Å². The second kappa shape index (κ2) is 6.20. The smallest absolute Gasteiger partial charge is 0.0783 e. The average Bonchev–Trinajstić information content (AvgIpc) is 2.65. The summed E-state index contributed by atoms with van der Waals surface area (Å²) in [6.07, 6.45) is 6.94. The summed E-state index contributed by atoms with van der Waals surface area (Å²) in [6.45, 7) is 7.20. The molecule has 1 fully saturated rings. The lowest BCUT2D eigenvalue weighted by molar-refractivity contribution is -0.870. The molecule has 0 saturated heterocycles. The van der Waals surface area contributed by atoms with Gasteiger partial charge in [0.1, 0.15) is 0 Å². The molecule has 1 aliphatic rings. The molecular weight excluding hydrogens is 158 g/mol. The van der Waals surface area contributed by atoms with Crippen molar-refractivity contribution in [2.75, 3.05) is 27.7 Å². The van der Waals surface area contributed by atoms with Crippen LogP contribution in [0.15, 0.2) is 12.2 Å². The third kappa shape index (κ3) is 18.6. The van der Waals surface area contributed by atoms with Crippen LogP contribution in [0.5, 0.6) is 0 Å². The first-order valence-corrected chi connectivity index (χ1v) is 5.36. The Balaban J connectivity index is 0.000000396. The second-order valence-electron chi connectivity index (χ2n) is 5.14. The van der Waals surface area contributed by atoms with E-state index in [1.54, 1.807) is 0 Å². The van der Waals surface area contributed by atoms with E-state index in [-0.39, 0.29) is 0 Å². The molecule has 1 saturated carbocycles. The Morgan fingerprint density at radius 1 is 1.15 bits per heavy atom. The van der Waals surface area contributed by atoms with Crippen LogP contribution in [0, 0.1) is 0 Å². The lowest BCUT2D eigenvalue weighted by atomic mass is 10.2. The monoisotopic (exact) mass is 184 g/mol. The lowest BCUT2D eigenvalue weighted by Gasteiger charge is -2.23. The van der Waals surface area contributed by atoms with Crippen molar-refractivity contribution in [1.29, 1.82) is 0 Å². The molecule has 0 aliphatic heterocycles. The maximum atomic E-state index is 3.87. The number of allylic oxidation sites excluding steroid dienone is 1. The van der Waals surface area contributed by atoms with Gasteiger partial charge < -0.3 is 4.48 Å². The summed E-state index contributed by atoms with van der Waals surface area (Å²) in [6, 6.07) is 0. The topological polar surface area (TPSA) is 0 Å². The first-order valence-electron chi connectivity index (χ1n) is 5.36. The molecule has 0 N–H and O–H groups in total. The van der Waals surface area contributed by atoms with Gasteiger partial charge in [0.25, 0.3) is 0 Å². The van der Waals surface area contributed by atoms with E-state index < -0.39 is 0 Å². The van der Waals surface area contributed by atoms with E-state index in [4.69, 9.17) is 0 Å². The maximum Gasteiger partial charge on any atom is 0.0783 e. The van der Waals surface area contributed by atoms with Crippen LogP contribution in [-0.2, 0) is 0 Å². The molecule has 1 rings (SSSR count). The molecule has 0 spiro atoms. The quantitative estimate of drug-likeness (QED) is 0.465. The second-order valence-corrected chi connectivity index (χ2v) is 5.14.